The lowest BCUT2D eigenvalue weighted by molar-refractivity contribution is 0.638. The molecular weight excluding hydrogens is 220 g/mol. The van der Waals surface area contributed by atoms with Crippen LogP contribution in [-0.4, -0.2) is 21.5 Å². The lowest BCUT2D eigenvalue weighted by Crippen LogP contribution is -2.15. The summed E-state index contributed by atoms with van der Waals surface area (Å²) in [5.41, 5.74) is 1.11. The zero-order valence-electron chi connectivity index (χ0n) is 9.36. The molecule has 0 radical (unpaired) electrons. The molecule has 4 nitrogen and oxygen atoms in total. The third-order valence-electron chi connectivity index (χ3n) is 2.26. The molecule has 2 heterocycles. The molecular formula is C11H16N4S. The molecule has 0 saturated heterocycles. The quantitative estimate of drug-likeness (QED) is 0.753. The first-order valence-corrected chi connectivity index (χ1v) is 6.32. The average Bonchev–Trinajstić information content (AvgIpc) is 2.89. The highest BCUT2D eigenvalue weighted by Crippen LogP contribution is 2.07. The van der Waals surface area contributed by atoms with E-state index in [1.54, 1.807) is 17.5 Å². The minimum absolute atomic E-state index is 0.872. The zero-order chi connectivity index (χ0) is 11.2. The van der Waals surface area contributed by atoms with E-state index in [-0.39, 0.29) is 0 Å². The Morgan fingerprint density at radius 3 is 3.12 bits per heavy atom. The largest absolute Gasteiger partial charge is 0.349 e. The van der Waals surface area contributed by atoms with Gasteiger partial charge in [-0.05, 0) is 19.9 Å². The van der Waals surface area contributed by atoms with E-state index in [1.165, 1.54) is 0 Å². The molecule has 2 rings (SSSR count). The van der Waals surface area contributed by atoms with Crippen molar-refractivity contribution in [2.45, 2.75) is 26.3 Å². The van der Waals surface area contributed by atoms with Gasteiger partial charge in [0, 0.05) is 36.4 Å². The van der Waals surface area contributed by atoms with Crippen LogP contribution in [0.2, 0.25) is 0 Å². The molecule has 0 aliphatic carbocycles. The maximum atomic E-state index is 4.40. The van der Waals surface area contributed by atoms with Crippen molar-refractivity contribution in [3.63, 3.8) is 0 Å². The molecule has 0 aromatic carbocycles. The lowest BCUT2D eigenvalue weighted by Gasteiger charge is -2.00. The van der Waals surface area contributed by atoms with Crippen molar-refractivity contribution in [1.29, 1.82) is 0 Å². The monoisotopic (exact) mass is 236 g/mol. The standard InChI is InChI=1S/C11H16N4S/c1-9-8-16-11(15-9)7-12-4-2-3-10-13-5-6-14-10/h5-6,8,12H,2-4,7H2,1H3,(H,13,14). The van der Waals surface area contributed by atoms with Crippen molar-refractivity contribution in [3.05, 3.63) is 34.3 Å². The van der Waals surface area contributed by atoms with E-state index < -0.39 is 0 Å². The summed E-state index contributed by atoms with van der Waals surface area (Å²) in [5, 5.41) is 6.63. The third kappa shape index (κ3) is 3.43. The SMILES string of the molecule is Cc1csc(CNCCCc2ncc[nH]2)n1. The van der Waals surface area contributed by atoms with Gasteiger partial charge in [0.15, 0.2) is 0 Å². The summed E-state index contributed by atoms with van der Waals surface area (Å²) in [6.45, 7) is 3.90. The second-order valence-corrected chi connectivity index (χ2v) is 4.64. The van der Waals surface area contributed by atoms with Crippen LogP contribution in [0.3, 0.4) is 0 Å². The van der Waals surface area contributed by atoms with Crippen LogP contribution in [-0.2, 0) is 13.0 Å². The number of rotatable bonds is 6. The van der Waals surface area contributed by atoms with E-state index in [9.17, 15) is 0 Å². The zero-order valence-corrected chi connectivity index (χ0v) is 10.2. The van der Waals surface area contributed by atoms with Crippen LogP contribution in [0.15, 0.2) is 17.8 Å². The molecule has 0 spiro atoms. The van der Waals surface area contributed by atoms with Crippen LogP contribution < -0.4 is 5.32 Å². The van der Waals surface area contributed by atoms with Crippen LogP contribution in [0, 0.1) is 6.92 Å². The first kappa shape index (κ1) is 11.3. The maximum Gasteiger partial charge on any atom is 0.107 e. The molecule has 86 valence electrons. The van der Waals surface area contributed by atoms with E-state index in [2.05, 4.69) is 25.6 Å². The second-order valence-electron chi connectivity index (χ2n) is 3.70. The molecule has 5 heteroatoms. The summed E-state index contributed by atoms with van der Waals surface area (Å²) in [6.07, 6.45) is 5.75. The Morgan fingerprint density at radius 1 is 1.50 bits per heavy atom. The molecule has 0 aliphatic rings. The van der Waals surface area contributed by atoms with Gasteiger partial charge in [-0.3, -0.25) is 0 Å². The van der Waals surface area contributed by atoms with Crippen LogP contribution >= 0.6 is 11.3 Å². The highest BCUT2D eigenvalue weighted by molar-refractivity contribution is 7.09. The Bertz CT molecular complexity index is 407. The summed E-state index contributed by atoms with van der Waals surface area (Å²) in [7, 11) is 0. The van der Waals surface area contributed by atoms with Gasteiger partial charge < -0.3 is 10.3 Å². The first-order valence-electron chi connectivity index (χ1n) is 5.44. The summed E-state index contributed by atoms with van der Waals surface area (Å²) < 4.78 is 0. The molecule has 0 saturated carbocycles. The van der Waals surface area contributed by atoms with E-state index in [1.807, 2.05) is 13.1 Å². The fourth-order valence-electron chi connectivity index (χ4n) is 1.49. The van der Waals surface area contributed by atoms with Crippen molar-refractivity contribution in [2.24, 2.45) is 0 Å². The van der Waals surface area contributed by atoms with E-state index in [0.29, 0.717) is 0 Å². The maximum absolute atomic E-state index is 4.40. The molecule has 16 heavy (non-hydrogen) atoms. The topological polar surface area (TPSA) is 53.6 Å². The number of aromatic nitrogens is 3. The fraction of sp³-hybridized carbons (Fsp3) is 0.455. The Kier molecular flexibility index (Phi) is 4.07. The van der Waals surface area contributed by atoms with Gasteiger partial charge in [-0.1, -0.05) is 0 Å². The highest BCUT2D eigenvalue weighted by Gasteiger charge is 1.98. The molecule has 0 bridgehead atoms. The Morgan fingerprint density at radius 2 is 2.44 bits per heavy atom. The number of aryl methyl sites for hydroxylation is 2. The number of aromatic amines is 1. The first-order chi connectivity index (χ1) is 7.84. The number of nitrogens with one attached hydrogen (secondary N) is 2. The third-order valence-corrected chi connectivity index (χ3v) is 3.23. The van der Waals surface area contributed by atoms with E-state index >= 15 is 0 Å². The normalized spacial score (nSPS) is 10.8. The Hall–Kier alpha value is -1.20. The molecule has 2 aromatic rings. The summed E-state index contributed by atoms with van der Waals surface area (Å²) in [5.74, 6) is 1.06. The van der Waals surface area contributed by atoms with Gasteiger partial charge in [0.05, 0.1) is 0 Å². The average molecular weight is 236 g/mol. The Labute approximate surface area is 99.2 Å². The molecule has 2 N–H and O–H groups in total. The van der Waals surface area contributed by atoms with Crippen LogP contribution in [0.5, 0.6) is 0 Å². The number of imidazole rings is 1. The predicted molar refractivity (Wildman–Crippen MR) is 65.5 cm³/mol. The molecule has 2 aromatic heterocycles. The molecule has 0 aliphatic heterocycles. The van der Waals surface area contributed by atoms with Crippen molar-refractivity contribution >= 4 is 11.3 Å². The number of hydrogen-bond acceptors (Lipinski definition) is 4. The van der Waals surface area contributed by atoms with Crippen molar-refractivity contribution in [3.8, 4) is 0 Å². The molecule has 0 atom stereocenters. The predicted octanol–water partition coefficient (Wildman–Crippen LogP) is 1.90. The lowest BCUT2D eigenvalue weighted by atomic mass is 10.3. The summed E-state index contributed by atoms with van der Waals surface area (Å²) in [4.78, 5) is 11.7. The van der Waals surface area contributed by atoms with Crippen molar-refractivity contribution in [1.82, 2.24) is 20.3 Å². The van der Waals surface area contributed by atoms with Gasteiger partial charge in [-0.15, -0.1) is 11.3 Å². The van der Waals surface area contributed by atoms with E-state index in [4.69, 9.17) is 0 Å². The smallest absolute Gasteiger partial charge is 0.107 e. The number of nitrogens with zero attached hydrogens (tertiary/aromatic N) is 2. The van der Waals surface area contributed by atoms with Crippen LogP contribution in [0.25, 0.3) is 0 Å². The van der Waals surface area contributed by atoms with Crippen LogP contribution in [0.4, 0.5) is 0 Å². The van der Waals surface area contributed by atoms with Gasteiger partial charge in [0.25, 0.3) is 0 Å². The van der Waals surface area contributed by atoms with Gasteiger partial charge in [-0.25, -0.2) is 9.97 Å². The van der Waals surface area contributed by atoms with Crippen molar-refractivity contribution in [2.75, 3.05) is 6.54 Å². The van der Waals surface area contributed by atoms with Gasteiger partial charge in [0.2, 0.25) is 0 Å². The molecule has 0 fully saturated rings. The number of hydrogen-bond donors (Lipinski definition) is 2. The second kappa shape index (κ2) is 5.77. The summed E-state index contributed by atoms with van der Waals surface area (Å²) >= 11 is 1.71. The molecule has 0 amide bonds. The highest BCUT2D eigenvalue weighted by atomic mass is 32.1. The van der Waals surface area contributed by atoms with Gasteiger partial charge in [-0.2, -0.15) is 0 Å². The number of thiazole rings is 1. The van der Waals surface area contributed by atoms with Crippen LogP contribution in [0.1, 0.15) is 22.9 Å². The minimum atomic E-state index is 0.872. The van der Waals surface area contributed by atoms with E-state index in [0.717, 1.165) is 42.5 Å². The van der Waals surface area contributed by atoms with Gasteiger partial charge in [0.1, 0.15) is 10.8 Å². The fourth-order valence-corrected chi connectivity index (χ4v) is 2.24. The van der Waals surface area contributed by atoms with Crippen molar-refractivity contribution < 1.29 is 0 Å². The summed E-state index contributed by atoms with van der Waals surface area (Å²) in [6, 6.07) is 0. The van der Waals surface area contributed by atoms with Gasteiger partial charge >= 0.3 is 0 Å². The number of H-pyrrole nitrogens is 1. The molecule has 0 unspecified atom stereocenters. The minimum Gasteiger partial charge on any atom is -0.349 e. The Balaban J connectivity index is 1.59.